The van der Waals surface area contributed by atoms with Crippen LogP contribution in [0.3, 0.4) is 0 Å². The van der Waals surface area contributed by atoms with Crippen molar-refractivity contribution in [2.45, 2.75) is 57.4 Å². The quantitative estimate of drug-likeness (QED) is 0.289. The minimum Gasteiger partial charge on any atom is -0.324 e. The lowest BCUT2D eigenvalue weighted by molar-refractivity contribution is 0.264. The van der Waals surface area contributed by atoms with Gasteiger partial charge in [-0.3, -0.25) is 4.98 Å². The third-order valence-electron chi connectivity index (χ3n) is 8.26. The van der Waals surface area contributed by atoms with E-state index >= 15 is 0 Å². The lowest BCUT2D eigenvalue weighted by atomic mass is 9.83. The number of fused-ring (bicyclic) bond motifs is 1. The van der Waals surface area contributed by atoms with Gasteiger partial charge >= 0.3 is 5.76 Å². The Morgan fingerprint density at radius 3 is 2.59 bits per heavy atom. The number of pyridine rings is 1. The zero-order valence-corrected chi connectivity index (χ0v) is 22.4. The first-order valence-corrected chi connectivity index (χ1v) is 13.9. The fourth-order valence-electron chi connectivity index (χ4n) is 5.98. The highest BCUT2D eigenvalue weighted by Crippen LogP contribution is 2.53. The van der Waals surface area contributed by atoms with Crippen molar-refractivity contribution >= 4 is 22.8 Å². The Bertz CT molecular complexity index is 1710. The van der Waals surface area contributed by atoms with Gasteiger partial charge in [-0.15, -0.1) is 4.98 Å². The normalized spacial score (nSPS) is 20.4. The second kappa shape index (κ2) is 9.41. The summed E-state index contributed by atoms with van der Waals surface area (Å²) in [7, 11) is 0. The van der Waals surface area contributed by atoms with Crippen LogP contribution in [0.25, 0.3) is 34.1 Å². The molecule has 5 aromatic rings. The van der Waals surface area contributed by atoms with Gasteiger partial charge in [0.05, 0.1) is 11.1 Å². The van der Waals surface area contributed by atoms with Crippen LogP contribution in [0.5, 0.6) is 0 Å². The number of nitrogens with zero attached hydrogens (tertiary/aromatic N) is 6. The summed E-state index contributed by atoms with van der Waals surface area (Å²) < 4.78 is 7.18. The molecule has 0 unspecified atom stereocenters. The zero-order chi connectivity index (χ0) is 26.6. The van der Waals surface area contributed by atoms with E-state index in [4.69, 9.17) is 36.1 Å². The van der Waals surface area contributed by atoms with Crippen LogP contribution in [0, 0.1) is 11.8 Å². The number of benzene rings is 1. The molecule has 2 aliphatic rings. The Hall–Kier alpha value is -3.85. The standard InChI is InChI=1S/C29H28ClN7O2/c1-17-8-10-18(11-9-17)16-37-23-22(19-5-4-6-20(30)15-19)32-25(26-35-28(38)39-36-26)33-24(23)34-27(37)29(12-13-29)21-7-2-3-14-31-21/h2-7,14-15,17-18H,8-13,16H2,1H3,(H,35,36,38)/t17-,18-. The van der Waals surface area contributed by atoms with Gasteiger partial charge in [-0.05, 0) is 61.8 Å². The third kappa shape index (κ3) is 4.34. The molecule has 1 N–H and O–H groups in total. The second-order valence-corrected chi connectivity index (χ2v) is 11.4. The van der Waals surface area contributed by atoms with E-state index in [9.17, 15) is 4.79 Å². The molecule has 2 fully saturated rings. The molecule has 0 radical (unpaired) electrons. The average molecular weight is 542 g/mol. The lowest BCUT2D eigenvalue weighted by Crippen LogP contribution is -2.23. The highest BCUT2D eigenvalue weighted by molar-refractivity contribution is 6.30. The van der Waals surface area contributed by atoms with Crippen LogP contribution >= 0.6 is 11.6 Å². The fourth-order valence-corrected chi connectivity index (χ4v) is 6.17. The number of halogens is 1. The minimum absolute atomic E-state index is 0.161. The van der Waals surface area contributed by atoms with Crippen LogP contribution < -0.4 is 5.76 Å². The van der Waals surface area contributed by atoms with Gasteiger partial charge in [-0.25, -0.2) is 19.7 Å². The molecule has 39 heavy (non-hydrogen) atoms. The van der Waals surface area contributed by atoms with Gasteiger partial charge < -0.3 is 9.09 Å². The monoisotopic (exact) mass is 541 g/mol. The second-order valence-electron chi connectivity index (χ2n) is 11.0. The summed E-state index contributed by atoms with van der Waals surface area (Å²) in [4.78, 5) is 35.3. The largest absolute Gasteiger partial charge is 0.460 e. The Kier molecular flexibility index (Phi) is 5.84. The molecule has 10 heteroatoms. The van der Waals surface area contributed by atoms with Gasteiger partial charge in [0.25, 0.3) is 0 Å². The molecular formula is C29H28ClN7O2. The van der Waals surface area contributed by atoms with Crippen molar-refractivity contribution in [1.29, 1.82) is 0 Å². The predicted molar refractivity (Wildman–Crippen MR) is 147 cm³/mol. The molecule has 7 rings (SSSR count). The first-order chi connectivity index (χ1) is 19.0. The molecule has 4 heterocycles. The van der Waals surface area contributed by atoms with Crippen LogP contribution in [0.15, 0.2) is 58.0 Å². The molecule has 2 aliphatic carbocycles. The van der Waals surface area contributed by atoms with Crippen molar-refractivity contribution in [2.75, 3.05) is 0 Å². The topological polar surface area (TPSA) is 115 Å². The number of imidazole rings is 1. The summed E-state index contributed by atoms with van der Waals surface area (Å²) >= 11 is 6.43. The minimum atomic E-state index is -0.733. The van der Waals surface area contributed by atoms with Crippen LogP contribution in [0.2, 0.25) is 5.02 Å². The molecule has 1 aromatic carbocycles. The van der Waals surface area contributed by atoms with Gasteiger partial charge in [0.15, 0.2) is 5.65 Å². The molecule has 9 nitrogen and oxygen atoms in total. The van der Waals surface area contributed by atoms with Gasteiger partial charge in [0, 0.05) is 23.3 Å². The number of rotatable bonds is 6. The maximum absolute atomic E-state index is 11.7. The lowest BCUT2D eigenvalue weighted by Gasteiger charge is -2.28. The Morgan fingerprint density at radius 1 is 1.05 bits per heavy atom. The summed E-state index contributed by atoms with van der Waals surface area (Å²) in [5.41, 5.74) is 3.72. The molecule has 198 valence electrons. The Balaban J connectivity index is 1.48. The number of aromatic amines is 1. The van der Waals surface area contributed by atoms with Crippen molar-refractivity contribution in [2.24, 2.45) is 11.8 Å². The molecule has 4 aromatic heterocycles. The van der Waals surface area contributed by atoms with Crippen molar-refractivity contribution in [3.8, 4) is 22.9 Å². The van der Waals surface area contributed by atoms with E-state index in [0.717, 1.165) is 47.9 Å². The molecule has 2 saturated carbocycles. The van der Waals surface area contributed by atoms with Crippen molar-refractivity contribution in [3.05, 3.63) is 75.8 Å². The van der Waals surface area contributed by atoms with Gasteiger partial charge in [-0.2, -0.15) is 5.16 Å². The van der Waals surface area contributed by atoms with E-state index in [1.54, 1.807) is 0 Å². The van der Waals surface area contributed by atoms with Crippen LogP contribution in [0.4, 0.5) is 0 Å². The van der Waals surface area contributed by atoms with E-state index in [1.165, 1.54) is 25.7 Å². The smallest absolute Gasteiger partial charge is 0.324 e. The molecule has 0 bridgehead atoms. The molecule has 0 amide bonds. The van der Waals surface area contributed by atoms with Crippen LogP contribution in [-0.4, -0.2) is 34.6 Å². The highest BCUT2D eigenvalue weighted by atomic mass is 35.5. The van der Waals surface area contributed by atoms with Gasteiger partial charge in [0.1, 0.15) is 17.0 Å². The van der Waals surface area contributed by atoms with E-state index in [1.807, 2.05) is 42.6 Å². The molecule has 0 atom stereocenters. The van der Waals surface area contributed by atoms with Gasteiger partial charge in [0.2, 0.25) is 11.6 Å². The van der Waals surface area contributed by atoms with E-state index < -0.39 is 5.76 Å². The Morgan fingerprint density at radius 2 is 1.90 bits per heavy atom. The van der Waals surface area contributed by atoms with Gasteiger partial charge in [-0.1, -0.05) is 49.6 Å². The number of aromatic nitrogens is 7. The molecule has 0 saturated heterocycles. The van der Waals surface area contributed by atoms with Crippen molar-refractivity contribution < 1.29 is 4.52 Å². The zero-order valence-electron chi connectivity index (χ0n) is 21.6. The first kappa shape index (κ1) is 24.2. The molecule has 0 aliphatic heterocycles. The van der Waals surface area contributed by atoms with Crippen molar-refractivity contribution in [3.63, 3.8) is 0 Å². The number of hydrogen-bond acceptors (Lipinski definition) is 7. The summed E-state index contributed by atoms with van der Waals surface area (Å²) in [6, 6.07) is 13.7. The third-order valence-corrected chi connectivity index (χ3v) is 8.50. The number of nitrogens with one attached hydrogen (secondary N) is 1. The van der Waals surface area contributed by atoms with E-state index in [2.05, 4.69) is 27.7 Å². The summed E-state index contributed by atoms with van der Waals surface area (Å²) in [5, 5.41) is 3.15. The van der Waals surface area contributed by atoms with E-state index in [0.29, 0.717) is 22.3 Å². The van der Waals surface area contributed by atoms with Crippen LogP contribution in [-0.2, 0) is 12.0 Å². The molecular weight excluding hydrogens is 514 g/mol. The summed E-state index contributed by atoms with van der Waals surface area (Å²) in [6.07, 6.45) is 8.63. The first-order valence-electron chi connectivity index (χ1n) is 13.5. The fraction of sp³-hybridized carbons (Fsp3) is 0.379. The SMILES string of the molecule is C[C@H]1CC[C@H](Cn2c(C3(c4ccccn4)CC3)nc3nc(-c4nc(=O)o[nH]4)nc(-c4cccc(Cl)c4)c32)CC1. The maximum atomic E-state index is 11.7. The Labute approximate surface area is 229 Å². The van der Waals surface area contributed by atoms with Crippen LogP contribution in [0.1, 0.15) is 57.0 Å². The maximum Gasteiger partial charge on any atom is 0.460 e. The highest BCUT2D eigenvalue weighted by Gasteiger charge is 2.51. The summed E-state index contributed by atoms with van der Waals surface area (Å²) in [6.45, 7) is 3.18. The number of hydrogen-bond donors (Lipinski definition) is 1. The average Bonchev–Trinajstić information content (AvgIpc) is 3.51. The number of H-pyrrole nitrogens is 1. The van der Waals surface area contributed by atoms with Crippen molar-refractivity contribution in [1.82, 2.24) is 34.6 Å². The predicted octanol–water partition coefficient (Wildman–Crippen LogP) is 5.79. The summed E-state index contributed by atoms with van der Waals surface area (Å²) in [5.74, 6) is 1.94. The molecule has 0 spiro atoms. The van der Waals surface area contributed by atoms with E-state index in [-0.39, 0.29) is 17.1 Å².